The number of hydrogen-bond donors (Lipinski definition) is 2. The van der Waals surface area contributed by atoms with Crippen LogP contribution in [0.15, 0.2) is 54.7 Å². The van der Waals surface area contributed by atoms with E-state index in [0.29, 0.717) is 6.04 Å². The van der Waals surface area contributed by atoms with Gasteiger partial charge in [-0.3, -0.25) is 0 Å². The highest BCUT2D eigenvalue weighted by atomic mass is 35.5. The predicted molar refractivity (Wildman–Crippen MR) is 106 cm³/mol. The van der Waals surface area contributed by atoms with E-state index in [1.54, 1.807) is 0 Å². The summed E-state index contributed by atoms with van der Waals surface area (Å²) >= 11 is 0. The number of rotatable bonds is 6. The van der Waals surface area contributed by atoms with Gasteiger partial charge in [0, 0.05) is 49.5 Å². The summed E-state index contributed by atoms with van der Waals surface area (Å²) in [6, 6.07) is 17.6. The van der Waals surface area contributed by atoms with Crippen LogP contribution in [0.5, 0.6) is 0 Å². The molecule has 0 aliphatic rings. The monoisotopic (exact) mass is 343 g/mol. The predicted octanol–water partition coefficient (Wildman–Crippen LogP) is 4.38. The molecule has 24 heavy (non-hydrogen) atoms. The molecule has 3 nitrogen and oxygen atoms in total. The lowest BCUT2D eigenvalue weighted by atomic mass is 10.1. The maximum absolute atomic E-state index is 3.62. The Morgan fingerprint density at radius 1 is 1.04 bits per heavy atom. The quantitative estimate of drug-likeness (QED) is 0.696. The van der Waals surface area contributed by atoms with E-state index in [9.17, 15) is 0 Å². The first kappa shape index (κ1) is 18.4. The summed E-state index contributed by atoms with van der Waals surface area (Å²) in [6.45, 7) is 3.15. The molecule has 2 aromatic carbocycles. The minimum atomic E-state index is 0. The molecule has 2 N–H and O–H groups in total. The lowest BCUT2D eigenvalue weighted by Gasteiger charge is -2.15. The number of benzene rings is 2. The van der Waals surface area contributed by atoms with Gasteiger partial charge in [0.1, 0.15) is 0 Å². The first-order valence-electron chi connectivity index (χ1n) is 8.18. The minimum Gasteiger partial charge on any atom is -0.378 e. The largest absolute Gasteiger partial charge is 0.378 e. The number of aromatic nitrogens is 1. The smallest absolute Gasteiger partial charge is 0.0456 e. The van der Waals surface area contributed by atoms with Crippen LogP contribution >= 0.6 is 12.4 Å². The fraction of sp³-hybridized carbons (Fsp3) is 0.300. The van der Waals surface area contributed by atoms with Gasteiger partial charge in [-0.25, -0.2) is 0 Å². The molecule has 3 aromatic rings. The molecule has 4 heteroatoms. The van der Waals surface area contributed by atoms with Crippen LogP contribution in [-0.2, 0) is 13.0 Å². The lowest BCUT2D eigenvalue weighted by molar-refractivity contribution is 0.547. The highest BCUT2D eigenvalue weighted by Crippen LogP contribution is 2.19. The number of para-hydroxylation sites is 1. The summed E-state index contributed by atoms with van der Waals surface area (Å²) in [4.78, 5) is 5.47. The molecule has 128 valence electrons. The number of nitrogens with zero attached hydrogens (tertiary/aromatic N) is 1. The zero-order chi connectivity index (χ0) is 16.2. The van der Waals surface area contributed by atoms with Crippen molar-refractivity contribution in [3.63, 3.8) is 0 Å². The van der Waals surface area contributed by atoms with Crippen molar-refractivity contribution in [2.75, 3.05) is 19.0 Å². The molecule has 1 aromatic heterocycles. The van der Waals surface area contributed by atoms with Crippen molar-refractivity contribution in [2.45, 2.75) is 25.9 Å². The van der Waals surface area contributed by atoms with Gasteiger partial charge < -0.3 is 15.2 Å². The molecule has 1 unspecified atom stereocenters. The van der Waals surface area contributed by atoms with Crippen molar-refractivity contribution < 1.29 is 0 Å². The molecule has 0 spiro atoms. The molecule has 1 atom stereocenters. The van der Waals surface area contributed by atoms with Crippen molar-refractivity contribution in [1.29, 1.82) is 0 Å². The number of H-pyrrole nitrogens is 1. The van der Waals surface area contributed by atoms with E-state index in [1.165, 1.54) is 27.7 Å². The molecule has 1 heterocycles. The lowest BCUT2D eigenvalue weighted by Crippen LogP contribution is -2.27. The summed E-state index contributed by atoms with van der Waals surface area (Å²) in [5, 5.41) is 4.95. The molecule has 0 aliphatic heterocycles. The van der Waals surface area contributed by atoms with Crippen LogP contribution in [0, 0.1) is 0 Å². The number of anilines is 1. The summed E-state index contributed by atoms with van der Waals surface area (Å²) < 4.78 is 0. The van der Waals surface area contributed by atoms with E-state index >= 15 is 0 Å². The second-order valence-electron chi connectivity index (χ2n) is 6.41. The minimum absolute atomic E-state index is 0. The average Bonchev–Trinajstić information content (AvgIpc) is 2.96. The Morgan fingerprint density at radius 2 is 1.75 bits per heavy atom. The van der Waals surface area contributed by atoms with Crippen LogP contribution in [0.1, 0.15) is 18.1 Å². The number of fused-ring (bicyclic) bond motifs is 1. The van der Waals surface area contributed by atoms with Crippen LogP contribution in [0.2, 0.25) is 0 Å². The van der Waals surface area contributed by atoms with E-state index < -0.39 is 0 Å². The molecule has 0 bridgehead atoms. The van der Waals surface area contributed by atoms with Gasteiger partial charge in [-0.2, -0.15) is 0 Å². The third kappa shape index (κ3) is 4.31. The molecular weight excluding hydrogens is 318 g/mol. The van der Waals surface area contributed by atoms with Crippen LogP contribution in [0.25, 0.3) is 10.9 Å². The fourth-order valence-corrected chi connectivity index (χ4v) is 2.91. The molecular formula is C20H26ClN3. The standard InChI is InChI=1S/C20H25N3.ClH/c1-15(12-17-14-22-20-7-5-4-6-19(17)20)21-13-16-8-10-18(11-9-16)23(2)3;/h4-11,14-15,21-22H,12-13H2,1-3H3;1H. The number of halogens is 1. The molecule has 0 aliphatic carbocycles. The Morgan fingerprint density at radius 3 is 2.46 bits per heavy atom. The van der Waals surface area contributed by atoms with Gasteiger partial charge >= 0.3 is 0 Å². The average molecular weight is 344 g/mol. The van der Waals surface area contributed by atoms with E-state index in [0.717, 1.165) is 13.0 Å². The van der Waals surface area contributed by atoms with E-state index in [4.69, 9.17) is 0 Å². The Labute approximate surface area is 150 Å². The Balaban J connectivity index is 0.00000208. The second kappa shape index (κ2) is 8.22. The van der Waals surface area contributed by atoms with E-state index in [-0.39, 0.29) is 12.4 Å². The van der Waals surface area contributed by atoms with Crippen molar-refractivity contribution in [1.82, 2.24) is 10.3 Å². The van der Waals surface area contributed by atoms with Gasteiger partial charge in [0.2, 0.25) is 0 Å². The molecule has 0 fully saturated rings. The molecule has 0 radical (unpaired) electrons. The summed E-state index contributed by atoms with van der Waals surface area (Å²) in [7, 11) is 4.13. The number of aromatic amines is 1. The zero-order valence-electron chi connectivity index (χ0n) is 14.5. The van der Waals surface area contributed by atoms with Gasteiger partial charge in [-0.1, -0.05) is 30.3 Å². The number of nitrogens with one attached hydrogen (secondary N) is 2. The van der Waals surface area contributed by atoms with E-state index in [2.05, 4.69) is 90.9 Å². The second-order valence-corrected chi connectivity index (χ2v) is 6.41. The SMILES string of the molecule is CC(Cc1c[nH]c2ccccc12)NCc1ccc(N(C)C)cc1.Cl. The molecule has 0 saturated carbocycles. The highest BCUT2D eigenvalue weighted by molar-refractivity contribution is 5.85. The highest BCUT2D eigenvalue weighted by Gasteiger charge is 2.08. The van der Waals surface area contributed by atoms with Crippen LogP contribution < -0.4 is 10.2 Å². The van der Waals surface area contributed by atoms with Crippen molar-refractivity contribution in [3.05, 3.63) is 65.9 Å². The molecule has 0 amide bonds. The van der Waals surface area contributed by atoms with Crippen molar-refractivity contribution in [2.24, 2.45) is 0 Å². The number of hydrogen-bond acceptors (Lipinski definition) is 2. The maximum Gasteiger partial charge on any atom is 0.0456 e. The topological polar surface area (TPSA) is 31.1 Å². The molecule has 3 rings (SSSR count). The van der Waals surface area contributed by atoms with Crippen molar-refractivity contribution >= 4 is 29.0 Å². The van der Waals surface area contributed by atoms with Crippen LogP contribution in [-0.4, -0.2) is 25.1 Å². The van der Waals surface area contributed by atoms with Gasteiger partial charge in [-0.05, 0) is 42.7 Å². The maximum atomic E-state index is 3.62. The Bertz CT molecular complexity index is 762. The zero-order valence-corrected chi connectivity index (χ0v) is 15.4. The summed E-state index contributed by atoms with van der Waals surface area (Å²) in [5.74, 6) is 0. The third-order valence-corrected chi connectivity index (χ3v) is 4.31. The normalized spacial score (nSPS) is 12.0. The first-order chi connectivity index (χ1) is 11.1. The summed E-state index contributed by atoms with van der Waals surface area (Å²) in [6.07, 6.45) is 3.16. The van der Waals surface area contributed by atoms with Gasteiger partial charge in [0.05, 0.1) is 0 Å². The van der Waals surface area contributed by atoms with Crippen molar-refractivity contribution in [3.8, 4) is 0 Å². The Hall–Kier alpha value is -1.97. The van der Waals surface area contributed by atoms with E-state index in [1.807, 2.05) is 0 Å². The van der Waals surface area contributed by atoms with Crippen LogP contribution in [0.4, 0.5) is 5.69 Å². The van der Waals surface area contributed by atoms with Gasteiger partial charge in [-0.15, -0.1) is 12.4 Å². The molecule has 0 saturated heterocycles. The van der Waals surface area contributed by atoms with Gasteiger partial charge in [0.15, 0.2) is 0 Å². The van der Waals surface area contributed by atoms with Gasteiger partial charge in [0.25, 0.3) is 0 Å². The summed E-state index contributed by atoms with van der Waals surface area (Å²) in [5.41, 5.74) is 5.15. The fourth-order valence-electron chi connectivity index (χ4n) is 2.91. The first-order valence-corrected chi connectivity index (χ1v) is 8.18. The van der Waals surface area contributed by atoms with Crippen LogP contribution in [0.3, 0.4) is 0 Å². The third-order valence-electron chi connectivity index (χ3n) is 4.31. The Kier molecular flexibility index (Phi) is 6.29.